The quantitative estimate of drug-likeness (QED) is 0.458. The zero-order valence-corrected chi connectivity index (χ0v) is 19.1. The predicted octanol–water partition coefficient (Wildman–Crippen LogP) is 5.09. The molecule has 5 rings (SSSR count). The van der Waals surface area contributed by atoms with Crippen LogP contribution in [0.5, 0.6) is 0 Å². The normalized spacial score (nSPS) is 14.7. The summed E-state index contributed by atoms with van der Waals surface area (Å²) in [5.74, 6) is 1.99. The lowest BCUT2D eigenvalue weighted by molar-refractivity contribution is 0.0945. The largest absolute Gasteiger partial charge is 0.337 e. The van der Waals surface area contributed by atoms with Crippen molar-refractivity contribution < 1.29 is 4.79 Å². The molecule has 3 heterocycles. The first kappa shape index (κ1) is 20.2. The summed E-state index contributed by atoms with van der Waals surface area (Å²) in [7, 11) is 1.92. The van der Waals surface area contributed by atoms with Crippen LogP contribution < -0.4 is 5.32 Å². The maximum Gasteiger partial charge on any atom is 0.262 e. The smallest absolute Gasteiger partial charge is 0.262 e. The Bertz CT molecular complexity index is 1290. The van der Waals surface area contributed by atoms with Gasteiger partial charge in [-0.15, -0.1) is 11.3 Å². The number of halogens is 1. The van der Waals surface area contributed by atoms with Crippen molar-refractivity contribution in [1.82, 2.24) is 24.8 Å². The lowest BCUT2D eigenvalue weighted by Gasteiger charge is -2.19. The Morgan fingerprint density at radius 2 is 1.97 bits per heavy atom. The van der Waals surface area contributed by atoms with Gasteiger partial charge in [0.15, 0.2) is 0 Å². The SMILES string of the molecule is Cc1nc(C2CC2)nc2sc(C(=O)N[C@H](c3ccc(Cl)cc3)c3nccn3C)c(C)c12. The molecule has 6 nitrogen and oxygen atoms in total. The monoisotopic (exact) mass is 451 g/mol. The summed E-state index contributed by atoms with van der Waals surface area (Å²) in [5.41, 5.74) is 2.78. The average Bonchev–Trinajstić information content (AvgIpc) is 3.43. The minimum absolute atomic E-state index is 0.143. The van der Waals surface area contributed by atoms with Crippen LogP contribution in [0.3, 0.4) is 0 Å². The van der Waals surface area contributed by atoms with E-state index in [1.165, 1.54) is 11.3 Å². The van der Waals surface area contributed by atoms with Gasteiger partial charge in [-0.3, -0.25) is 4.79 Å². The van der Waals surface area contributed by atoms with Gasteiger partial charge in [0.25, 0.3) is 5.91 Å². The number of hydrogen-bond donors (Lipinski definition) is 1. The van der Waals surface area contributed by atoms with Crippen LogP contribution in [0.4, 0.5) is 0 Å². The van der Waals surface area contributed by atoms with Gasteiger partial charge >= 0.3 is 0 Å². The molecule has 0 spiro atoms. The van der Waals surface area contributed by atoms with E-state index in [1.54, 1.807) is 6.20 Å². The standard InChI is InChI=1S/C23H22ClN5OS/c1-12-17-13(2)26-20(15-4-5-15)28-23(17)31-19(12)22(30)27-18(21-25-10-11-29(21)3)14-6-8-16(24)9-7-14/h6-11,15,18H,4-5H2,1-3H3,(H,27,30)/t18-/m1/s1. The number of aromatic nitrogens is 4. The number of rotatable bonds is 5. The van der Waals surface area contributed by atoms with E-state index < -0.39 is 6.04 Å². The number of thiophene rings is 1. The number of nitrogens with one attached hydrogen (secondary N) is 1. The Balaban J connectivity index is 1.53. The molecule has 0 unspecified atom stereocenters. The van der Waals surface area contributed by atoms with E-state index in [9.17, 15) is 4.79 Å². The number of nitrogens with zero attached hydrogens (tertiary/aromatic N) is 4. The minimum Gasteiger partial charge on any atom is -0.337 e. The molecule has 1 aliphatic carbocycles. The Kier molecular flexibility index (Phi) is 5.02. The fourth-order valence-electron chi connectivity index (χ4n) is 3.90. The van der Waals surface area contributed by atoms with Crippen molar-refractivity contribution in [2.24, 2.45) is 7.05 Å². The van der Waals surface area contributed by atoms with E-state index in [4.69, 9.17) is 21.6 Å². The average molecular weight is 452 g/mol. The van der Waals surface area contributed by atoms with Crippen LogP contribution in [0.15, 0.2) is 36.7 Å². The fourth-order valence-corrected chi connectivity index (χ4v) is 5.17. The van der Waals surface area contributed by atoms with Crippen molar-refractivity contribution in [3.8, 4) is 0 Å². The summed E-state index contributed by atoms with van der Waals surface area (Å²) in [5, 5.41) is 4.81. The number of amides is 1. The second kappa shape index (κ2) is 7.73. The van der Waals surface area contributed by atoms with Gasteiger partial charge in [-0.1, -0.05) is 23.7 Å². The van der Waals surface area contributed by atoms with Gasteiger partial charge in [-0.05, 0) is 49.9 Å². The molecule has 1 atom stereocenters. The lowest BCUT2D eigenvalue weighted by Crippen LogP contribution is -2.31. The summed E-state index contributed by atoms with van der Waals surface area (Å²) in [4.78, 5) is 28.9. The molecular formula is C23H22ClN5OS. The molecule has 0 aliphatic heterocycles. The molecule has 0 bridgehead atoms. The van der Waals surface area contributed by atoms with Crippen LogP contribution in [-0.4, -0.2) is 25.4 Å². The molecule has 31 heavy (non-hydrogen) atoms. The van der Waals surface area contributed by atoms with Crippen molar-refractivity contribution in [2.45, 2.75) is 38.6 Å². The first-order valence-electron chi connectivity index (χ1n) is 10.2. The van der Waals surface area contributed by atoms with Gasteiger partial charge in [0.2, 0.25) is 0 Å². The Morgan fingerprint density at radius 3 is 2.61 bits per heavy atom. The molecular weight excluding hydrogens is 430 g/mol. The summed E-state index contributed by atoms with van der Waals surface area (Å²) < 4.78 is 1.91. The van der Waals surface area contributed by atoms with E-state index in [0.717, 1.165) is 51.5 Å². The van der Waals surface area contributed by atoms with Gasteiger partial charge < -0.3 is 9.88 Å². The van der Waals surface area contributed by atoms with Crippen molar-refractivity contribution in [3.05, 3.63) is 75.0 Å². The van der Waals surface area contributed by atoms with Crippen LogP contribution >= 0.6 is 22.9 Å². The van der Waals surface area contributed by atoms with E-state index in [-0.39, 0.29) is 5.91 Å². The third-order valence-corrected chi connectivity index (χ3v) is 7.17. The maximum atomic E-state index is 13.4. The number of hydrogen-bond acceptors (Lipinski definition) is 5. The summed E-state index contributed by atoms with van der Waals surface area (Å²) >= 11 is 7.51. The van der Waals surface area contributed by atoms with Crippen molar-refractivity contribution in [1.29, 1.82) is 0 Å². The topological polar surface area (TPSA) is 72.7 Å². The second-order valence-corrected chi connectivity index (χ2v) is 9.47. The predicted molar refractivity (Wildman–Crippen MR) is 123 cm³/mol. The first-order valence-corrected chi connectivity index (χ1v) is 11.4. The van der Waals surface area contributed by atoms with Crippen molar-refractivity contribution in [3.63, 3.8) is 0 Å². The molecule has 1 saturated carbocycles. The zero-order chi connectivity index (χ0) is 21.7. The van der Waals surface area contributed by atoms with Gasteiger partial charge in [0, 0.05) is 35.8 Å². The van der Waals surface area contributed by atoms with Crippen LogP contribution in [-0.2, 0) is 7.05 Å². The number of carbonyl (C=O) groups is 1. The molecule has 1 amide bonds. The van der Waals surface area contributed by atoms with Gasteiger partial charge in [0.1, 0.15) is 22.5 Å². The molecule has 8 heteroatoms. The molecule has 1 aliphatic rings. The Morgan fingerprint density at radius 1 is 1.23 bits per heavy atom. The molecule has 1 N–H and O–H groups in total. The molecule has 3 aromatic heterocycles. The van der Waals surface area contributed by atoms with Crippen LogP contribution in [0.25, 0.3) is 10.2 Å². The third kappa shape index (κ3) is 3.72. The number of aryl methyl sites for hydroxylation is 3. The van der Waals surface area contributed by atoms with E-state index in [0.29, 0.717) is 15.8 Å². The van der Waals surface area contributed by atoms with Crippen molar-refractivity contribution >= 4 is 39.1 Å². The summed E-state index contributed by atoms with van der Waals surface area (Å²) in [6.45, 7) is 3.97. The molecule has 1 aromatic carbocycles. The second-order valence-electron chi connectivity index (χ2n) is 8.03. The molecule has 158 valence electrons. The fraction of sp³-hybridized carbons (Fsp3) is 0.304. The highest BCUT2D eigenvalue weighted by Crippen LogP contribution is 2.40. The first-order chi connectivity index (χ1) is 14.9. The van der Waals surface area contributed by atoms with E-state index in [2.05, 4.69) is 10.3 Å². The Hall–Kier alpha value is -2.77. The highest BCUT2D eigenvalue weighted by atomic mass is 35.5. The number of fused-ring (bicyclic) bond motifs is 1. The third-order valence-electron chi connectivity index (χ3n) is 5.73. The Labute approximate surface area is 189 Å². The molecule has 1 fully saturated rings. The van der Waals surface area contributed by atoms with Crippen LogP contribution in [0, 0.1) is 13.8 Å². The molecule has 0 radical (unpaired) electrons. The number of carbonyl (C=O) groups excluding carboxylic acids is 1. The minimum atomic E-state index is -0.399. The zero-order valence-electron chi connectivity index (χ0n) is 17.5. The van der Waals surface area contributed by atoms with E-state index >= 15 is 0 Å². The van der Waals surface area contributed by atoms with Gasteiger partial charge in [-0.2, -0.15) is 0 Å². The van der Waals surface area contributed by atoms with Crippen molar-refractivity contribution in [2.75, 3.05) is 0 Å². The number of benzene rings is 1. The highest BCUT2D eigenvalue weighted by molar-refractivity contribution is 7.20. The highest BCUT2D eigenvalue weighted by Gasteiger charge is 2.29. The van der Waals surface area contributed by atoms with E-state index in [1.807, 2.05) is 55.9 Å². The summed E-state index contributed by atoms with van der Waals surface area (Å²) in [6.07, 6.45) is 5.89. The van der Waals surface area contributed by atoms with Gasteiger partial charge in [0.05, 0.1) is 10.6 Å². The molecule has 0 saturated heterocycles. The van der Waals surface area contributed by atoms with Crippen LogP contribution in [0.1, 0.15) is 62.9 Å². The summed E-state index contributed by atoms with van der Waals surface area (Å²) in [6, 6.07) is 7.07. The maximum absolute atomic E-state index is 13.4. The lowest BCUT2D eigenvalue weighted by atomic mass is 10.1. The van der Waals surface area contributed by atoms with Crippen LogP contribution in [0.2, 0.25) is 5.02 Å². The van der Waals surface area contributed by atoms with Gasteiger partial charge in [-0.25, -0.2) is 15.0 Å². The number of imidazole rings is 1. The molecule has 4 aromatic rings.